The molecule has 6 aromatic rings. The van der Waals surface area contributed by atoms with E-state index in [2.05, 4.69) is 115 Å². The molecule has 0 spiro atoms. The monoisotopic (exact) mass is 702 g/mol. The number of ether oxygens (including phenoxy) is 2. The number of benzene rings is 6. The minimum absolute atomic E-state index is 0.178. The number of rotatable bonds is 14. The van der Waals surface area contributed by atoms with Gasteiger partial charge in [-0.15, -0.1) is 0 Å². The average Bonchev–Trinajstić information content (AvgIpc) is 3.16. The van der Waals surface area contributed by atoms with Crippen LogP contribution in [-0.2, 0) is 16.5 Å². The minimum Gasteiger partial charge on any atom is -0.744 e. The van der Waals surface area contributed by atoms with E-state index in [1.54, 1.807) is 12.1 Å². The van der Waals surface area contributed by atoms with Crippen molar-refractivity contribution in [3.8, 4) is 11.5 Å². The van der Waals surface area contributed by atoms with E-state index in [0.717, 1.165) is 42.5 Å². The summed E-state index contributed by atoms with van der Waals surface area (Å²) in [6.07, 6.45) is 4.01. The topological polar surface area (TPSA) is 75.7 Å². The molecule has 0 aliphatic rings. The van der Waals surface area contributed by atoms with Gasteiger partial charge in [-0.3, -0.25) is 0 Å². The first kappa shape index (κ1) is 36.5. The lowest BCUT2D eigenvalue weighted by Gasteiger charge is -2.27. The summed E-state index contributed by atoms with van der Waals surface area (Å²) in [7, 11) is -6.09. The van der Waals surface area contributed by atoms with E-state index in [4.69, 9.17) is 9.47 Å². The molecular weight excluding hydrogens is 660 g/mol. The third-order valence-corrected chi connectivity index (χ3v) is 13.7. The number of para-hydroxylation sites is 1. The van der Waals surface area contributed by atoms with Crippen LogP contribution in [0.2, 0.25) is 0 Å². The van der Waals surface area contributed by atoms with Crippen molar-refractivity contribution in [1.29, 1.82) is 0 Å². The number of hydrogen-bond acceptors (Lipinski definition) is 5. The molecule has 0 aliphatic heterocycles. The van der Waals surface area contributed by atoms with E-state index in [1.807, 2.05) is 37.3 Å². The molecule has 0 saturated carbocycles. The van der Waals surface area contributed by atoms with Crippen molar-refractivity contribution >= 4 is 33.3 Å². The number of aryl methyl sites for hydroxylation is 2. The van der Waals surface area contributed by atoms with Crippen LogP contribution < -0.4 is 25.4 Å². The zero-order valence-electron chi connectivity index (χ0n) is 28.3. The Labute approximate surface area is 297 Å². The highest BCUT2D eigenvalue weighted by molar-refractivity contribution is 7.95. The predicted molar refractivity (Wildman–Crippen MR) is 206 cm³/mol. The zero-order chi connectivity index (χ0) is 35.1. The Morgan fingerprint density at radius 3 is 1.34 bits per heavy atom. The second-order valence-electron chi connectivity index (χ2n) is 11.9. The molecule has 6 aromatic carbocycles. The van der Waals surface area contributed by atoms with Crippen molar-refractivity contribution in [2.75, 3.05) is 19.4 Å². The van der Waals surface area contributed by atoms with Crippen LogP contribution in [-0.4, -0.2) is 32.3 Å². The van der Waals surface area contributed by atoms with E-state index in [9.17, 15) is 13.0 Å². The number of unbranched alkanes of at least 4 members (excludes halogenated alkanes) is 1. The normalized spacial score (nSPS) is 11.2. The fourth-order valence-electron chi connectivity index (χ4n) is 5.74. The van der Waals surface area contributed by atoms with Crippen molar-refractivity contribution in [2.24, 2.45) is 0 Å². The SMILES string of the molecule is Cc1ccc(S(=O)(=O)[O-])cc1.c1ccc(OCCCCOc2ccc(CC[P+](c3ccccc3)(c3ccccc3)c3ccccc3)cc2)cc1. The Kier molecular flexibility index (Phi) is 13.4. The Morgan fingerprint density at radius 1 is 0.520 bits per heavy atom. The van der Waals surface area contributed by atoms with Gasteiger partial charge in [0.2, 0.25) is 0 Å². The van der Waals surface area contributed by atoms with Gasteiger partial charge in [-0.2, -0.15) is 0 Å². The van der Waals surface area contributed by atoms with Crippen molar-refractivity contribution in [3.05, 3.63) is 181 Å². The summed E-state index contributed by atoms with van der Waals surface area (Å²) < 4.78 is 43.0. The summed E-state index contributed by atoms with van der Waals surface area (Å²) in [4.78, 5) is -0.178. The summed E-state index contributed by atoms with van der Waals surface area (Å²) >= 11 is 0. The molecule has 0 atom stereocenters. The summed E-state index contributed by atoms with van der Waals surface area (Å²) in [5.74, 6) is 1.85. The molecule has 0 fully saturated rings. The summed E-state index contributed by atoms with van der Waals surface area (Å²) in [6, 6.07) is 57.7. The Bertz CT molecular complexity index is 1860. The summed E-state index contributed by atoms with van der Waals surface area (Å²) in [5, 5.41) is 4.29. The number of hydrogen-bond donors (Lipinski definition) is 0. The van der Waals surface area contributed by atoms with E-state index >= 15 is 0 Å². The zero-order valence-corrected chi connectivity index (χ0v) is 30.0. The Hall–Kier alpha value is -4.74. The van der Waals surface area contributed by atoms with E-state index in [-0.39, 0.29) is 4.90 Å². The first-order valence-corrected chi connectivity index (χ1v) is 20.2. The third kappa shape index (κ3) is 10.4. The molecule has 0 N–H and O–H groups in total. The van der Waals surface area contributed by atoms with Crippen molar-refractivity contribution in [2.45, 2.75) is 31.1 Å². The molecule has 7 heteroatoms. The quantitative estimate of drug-likeness (QED) is 0.0648. The molecule has 256 valence electrons. The van der Waals surface area contributed by atoms with Crippen LogP contribution in [0.25, 0.3) is 0 Å². The maximum atomic E-state index is 10.4. The first-order valence-electron chi connectivity index (χ1n) is 16.8. The molecule has 0 amide bonds. The Balaban J connectivity index is 0.000000377. The molecule has 0 unspecified atom stereocenters. The molecule has 0 saturated heterocycles. The van der Waals surface area contributed by atoms with Crippen molar-refractivity contribution in [1.82, 2.24) is 0 Å². The van der Waals surface area contributed by atoms with Crippen molar-refractivity contribution in [3.63, 3.8) is 0 Å². The van der Waals surface area contributed by atoms with Gasteiger partial charge in [0.25, 0.3) is 0 Å². The van der Waals surface area contributed by atoms with Crippen LogP contribution in [0.4, 0.5) is 0 Å². The summed E-state index contributed by atoms with van der Waals surface area (Å²) in [5.41, 5.74) is 2.27. The van der Waals surface area contributed by atoms with Gasteiger partial charge in [0.15, 0.2) is 0 Å². The molecule has 0 bridgehead atoms. The highest BCUT2D eigenvalue weighted by atomic mass is 32.2. The van der Waals surface area contributed by atoms with Gasteiger partial charge in [0.05, 0.1) is 24.3 Å². The van der Waals surface area contributed by atoms with E-state index < -0.39 is 17.4 Å². The molecule has 5 nitrogen and oxygen atoms in total. The first-order chi connectivity index (χ1) is 24.3. The lowest BCUT2D eigenvalue weighted by Crippen LogP contribution is -2.34. The van der Waals surface area contributed by atoms with Gasteiger partial charge in [-0.25, -0.2) is 8.42 Å². The molecule has 0 aliphatic carbocycles. The van der Waals surface area contributed by atoms with Gasteiger partial charge in [0.1, 0.15) is 44.8 Å². The van der Waals surface area contributed by atoms with E-state index in [0.29, 0.717) is 13.2 Å². The van der Waals surface area contributed by atoms with Crippen molar-refractivity contribution < 1.29 is 22.4 Å². The molecule has 0 aromatic heterocycles. The maximum absolute atomic E-state index is 10.4. The standard InChI is InChI=1S/C36H36O2P.C7H8O3S/c1-5-15-32(16-6-1)37-28-13-14-29-38-33-25-23-31(24-26-33)27-30-39(34-17-7-2-8-18-34,35-19-9-3-10-20-35)36-21-11-4-12-22-36;1-6-2-4-7(5-3-6)11(8,9)10/h1-12,15-26H,13-14,27-30H2;2-5H,1H3,(H,8,9,10)/q+1;/p-1. The highest BCUT2D eigenvalue weighted by Gasteiger charge is 2.44. The molecule has 0 radical (unpaired) electrons. The Morgan fingerprint density at radius 2 is 0.920 bits per heavy atom. The maximum Gasteiger partial charge on any atom is 0.124 e. The van der Waals surface area contributed by atoms with Crippen LogP contribution >= 0.6 is 7.26 Å². The minimum atomic E-state index is -4.27. The smallest absolute Gasteiger partial charge is 0.124 e. The highest BCUT2D eigenvalue weighted by Crippen LogP contribution is 2.55. The molecular formula is C43H43O5PS. The lowest BCUT2D eigenvalue weighted by atomic mass is 10.2. The van der Waals surface area contributed by atoms with Gasteiger partial charge in [-0.05, 0) is 98.1 Å². The lowest BCUT2D eigenvalue weighted by molar-refractivity contribution is 0.266. The van der Waals surface area contributed by atoms with Crippen LogP contribution in [0.5, 0.6) is 11.5 Å². The fourth-order valence-corrected chi connectivity index (χ4v) is 10.5. The van der Waals surface area contributed by atoms with Crippen LogP contribution in [0.15, 0.2) is 175 Å². The van der Waals surface area contributed by atoms with E-state index in [1.165, 1.54) is 33.6 Å². The largest absolute Gasteiger partial charge is 0.744 e. The van der Waals surface area contributed by atoms with Crippen LogP contribution in [0.3, 0.4) is 0 Å². The van der Waals surface area contributed by atoms with Gasteiger partial charge in [0, 0.05) is 6.42 Å². The molecule has 6 rings (SSSR count). The third-order valence-electron chi connectivity index (χ3n) is 8.38. The van der Waals surface area contributed by atoms with Gasteiger partial charge in [-0.1, -0.05) is 103 Å². The molecule has 0 heterocycles. The fraction of sp³-hybridized carbons (Fsp3) is 0.163. The average molecular weight is 703 g/mol. The predicted octanol–water partition coefficient (Wildman–Crippen LogP) is 8.36. The van der Waals surface area contributed by atoms with Crippen LogP contribution in [0, 0.1) is 6.92 Å². The second kappa shape index (κ2) is 18.3. The van der Waals surface area contributed by atoms with Gasteiger partial charge < -0.3 is 14.0 Å². The summed E-state index contributed by atoms with van der Waals surface area (Å²) in [6.45, 7) is 3.23. The molecule has 50 heavy (non-hydrogen) atoms. The van der Waals surface area contributed by atoms with Gasteiger partial charge >= 0.3 is 0 Å². The second-order valence-corrected chi connectivity index (χ2v) is 16.9. The van der Waals surface area contributed by atoms with Crippen LogP contribution in [0.1, 0.15) is 24.0 Å².